The Morgan fingerprint density at radius 1 is 1.03 bits per heavy atom. The maximum atomic E-state index is 12.8. The van der Waals surface area contributed by atoms with Crippen molar-refractivity contribution < 1.29 is 19.4 Å². The van der Waals surface area contributed by atoms with Crippen LogP contribution in [0.5, 0.6) is 11.5 Å². The maximum Gasteiger partial charge on any atom is 0.253 e. The van der Waals surface area contributed by atoms with Gasteiger partial charge in [0.05, 0.1) is 19.3 Å². The first-order valence-electron chi connectivity index (χ1n) is 13.0. The lowest BCUT2D eigenvalue weighted by molar-refractivity contribution is 0.0546. The number of rotatable bonds is 5. The molecule has 0 bridgehead atoms. The molecule has 5 nitrogen and oxygen atoms in total. The van der Waals surface area contributed by atoms with Gasteiger partial charge >= 0.3 is 0 Å². The molecule has 3 aliphatic rings. The number of amides is 1. The Labute approximate surface area is 203 Å². The van der Waals surface area contributed by atoms with Crippen LogP contribution < -0.4 is 9.47 Å². The number of ether oxygens (including phenoxy) is 2. The summed E-state index contributed by atoms with van der Waals surface area (Å²) < 4.78 is 12.0. The average molecular weight is 464 g/mol. The van der Waals surface area contributed by atoms with Crippen LogP contribution in [0.3, 0.4) is 0 Å². The molecular weight excluding hydrogens is 426 g/mol. The van der Waals surface area contributed by atoms with Gasteiger partial charge in [0.1, 0.15) is 0 Å². The summed E-state index contributed by atoms with van der Waals surface area (Å²) in [6, 6.07) is 14.6. The Morgan fingerprint density at radius 3 is 2.59 bits per heavy atom. The van der Waals surface area contributed by atoms with E-state index in [1.54, 1.807) is 0 Å². The van der Waals surface area contributed by atoms with Crippen LogP contribution in [-0.4, -0.2) is 48.3 Å². The number of carbonyl (C=O) groups excluding carboxylic acids is 1. The monoisotopic (exact) mass is 463 g/mol. The van der Waals surface area contributed by atoms with E-state index in [4.69, 9.17) is 9.47 Å². The number of para-hydroxylation sites is 1. The first-order chi connectivity index (χ1) is 16.6. The smallest absolute Gasteiger partial charge is 0.253 e. The number of fused-ring (bicyclic) bond motifs is 1. The van der Waals surface area contributed by atoms with Crippen LogP contribution >= 0.6 is 0 Å². The minimum absolute atomic E-state index is 0.0877. The predicted molar refractivity (Wildman–Crippen MR) is 133 cm³/mol. The zero-order chi connectivity index (χ0) is 23.5. The SMILES string of the molecule is C[C@@H](CC1CC[C@H](c2ccc(C(=O)N3CCC(O)CC3)cc2)C1)c1cccc2c1OCCCO2. The number of piperidine rings is 1. The lowest BCUT2D eigenvalue weighted by atomic mass is 9.87. The Balaban J connectivity index is 1.18. The number of aliphatic hydroxyl groups excluding tert-OH is 1. The van der Waals surface area contributed by atoms with Crippen LogP contribution in [0.2, 0.25) is 0 Å². The third-order valence-corrected chi connectivity index (χ3v) is 7.94. The van der Waals surface area contributed by atoms with Crippen LogP contribution in [0.4, 0.5) is 0 Å². The predicted octanol–water partition coefficient (Wildman–Crippen LogP) is 5.52. The standard InChI is InChI=1S/C29H37NO4/c1-20(26-4-2-5-27-28(26)34-17-3-16-33-27)18-21-6-7-24(19-21)22-8-10-23(11-9-22)29(32)30-14-12-25(31)13-15-30/h2,4-5,8-11,20-21,24-25,31H,3,6-7,12-19H2,1H3/t20-,21?,24-/m0/s1. The molecule has 2 aliphatic heterocycles. The molecular formula is C29H37NO4. The number of aliphatic hydroxyl groups is 1. The third kappa shape index (κ3) is 5.10. The number of carbonyl (C=O) groups is 1. The molecule has 1 unspecified atom stereocenters. The summed E-state index contributed by atoms with van der Waals surface area (Å²) in [5, 5.41) is 9.69. The normalized spacial score (nSPS) is 24.0. The topological polar surface area (TPSA) is 59.0 Å². The number of likely N-dealkylation sites (tertiary alicyclic amines) is 1. The second-order valence-corrected chi connectivity index (χ2v) is 10.4. The fourth-order valence-corrected chi connectivity index (χ4v) is 5.97. The summed E-state index contributed by atoms with van der Waals surface area (Å²) in [4.78, 5) is 14.7. The summed E-state index contributed by atoms with van der Waals surface area (Å²) in [6.07, 6.45) is 6.84. The van der Waals surface area contributed by atoms with Crippen molar-refractivity contribution in [2.45, 2.75) is 69.8 Å². The van der Waals surface area contributed by atoms with E-state index in [2.05, 4.69) is 31.2 Å². The summed E-state index contributed by atoms with van der Waals surface area (Å²) in [7, 11) is 0. The van der Waals surface area contributed by atoms with Gasteiger partial charge in [-0.15, -0.1) is 0 Å². The molecule has 2 aromatic carbocycles. The van der Waals surface area contributed by atoms with Gasteiger partial charge in [-0.2, -0.15) is 0 Å². The van der Waals surface area contributed by atoms with Gasteiger partial charge in [-0.05, 0) is 80.0 Å². The van der Waals surface area contributed by atoms with Crippen molar-refractivity contribution in [2.24, 2.45) is 5.92 Å². The molecule has 34 heavy (non-hydrogen) atoms. The first kappa shape index (κ1) is 23.2. The Bertz CT molecular complexity index is 980. The number of benzene rings is 2. The van der Waals surface area contributed by atoms with Gasteiger partial charge in [-0.3, -0.25) is 4.79 Å². The van der Waals surface area contributed by atoms with E-state index < -0.39 is 0 Å². The second kappa shape index (κ2) is 10.4. The Kier molecular flexibility index (Phi) is 7.10. The summed E-state index contributed by atoms with van der Waals surface area (Å²) >= 11 is 0. The van der Waals surface area contributed by atoms with Gasteiger partial charge in [0.15, 0.2) is 11.5 Å². The van der Waals surface area contributed by atoms with E-state index in [1.165, 1.54) is 30.4 Å². The van der Waals surface area contributed by atoms with Gasteiger partial charge < -0.3 is 19.5 Å². The maximum absolute atomic E-state index is 12.8. The third-order valence-electron chi connectivity index (χ3n) is 7.94. The van der Waals surface area contributed by atoms with Gasteiger partial charge in [-0.25, -0.2) is 0 Å². The molecule has 0 radical (unpaired) electrons. The molecule has 1 saturated carbocycles. The molecule has 2 aromatic rings. The summed E-state index contributed by atoms with van der Waals surface area (Å²) in [5.74, 6) is 3.63. The van der Waals surface area contributed by atoms with Crippen molar-refractivity contribution >= 4 is 5.91 Å². The van der Waals surface area contributed by atoms with Crippen molar-refractivity contribution in [2.75, 3.05) is 26.3 Å². The molecule has 3 atom stereocenters. The fraction of sp³-hybridized carbons (Fsp3) is 0.552. The van der Waals surface area contributed by atoms with Gasteiger partial charge in [0.2, 0.25) is 0 Å². The Morgan fingerprint density at radius 2 is 1.79 bits per heavy atom. The van der Waals surface area contributed by atoms with Crippen molar-refractivity contribution in [3.8, 4) is 11.5 Å². The molecule has 1 amide bonds. The molecule has 5 heteroatoms. The Hall–Kier alpha value is -2.53. The van der Waals surface area contributed by atoms with E-state index in [-0.39, 0.29) is 12.0 Å². The summed E-state index contributed by atoms with van der Waals surface area (Å²) in [6.45, 7) is 5.05. The van der Waals surface area contributed by atoms with E-state index in [0.29, 0.717) is 43.7 Å². The van der Waals surface area contributed by atoms with Gasteiger partial charge in [0, 0.05) is 30.6 Å². The second-order valence-electron chi connectivity index (χ2n) is 10.4. The minimum Gasteiger partial charge on any atom is -0.490 e. The lowest BCUT2D eigenvalue weighted by Crippen LogP contribution is -2.40. The van der Waals surface area contributed by atoms with Gasteiger partial charge in [-0.1, -0.05) is 31.2 Å². The highest BCUT2D eigenvalue weighted by molar-refractivity contribution is 5.94. The molecule has 1 N–H and O–H groups in total. The molecule has 1 aliphatic carbocycles. The van der Waals surface area contributed by atoms with Crippen LogP contribution in [-0.2, 0) is 0 Å². The van der Waals surface area contributed by atoms with Crippen LogP contribution in [0, 0.1) is 5.92 Å². The number of nitrogens with zero attached hydrogens (tertiary/aromatic N) is 1. The van der Waals surface area contributed by atoms with E-state index >= 15 is 0 Å². The fourth-order valence-electron chi connectivity index (χ4n) is 5.97. The highest BCUT2D eigenvalue weighted by Gasteiger charge is 2.29. The molecule has 5 rings (SSSR count). The van der Waals surface area contributed by atoms with E-state index in [0.717, 1.165) is 43.1 Å². The van der Waals surface area contributed by atoms with E-state index in [9.17, 15) is 9.90 Å². The molecule has 182 valence electrons. The van der Waals surface area contributed by atoms with E-state index in [1.807, 2.05) is 23.1 Å². The number of hydrogen-bond acceptors (Lipinski definition) is 4. The quantitative estimate of drug-likeness (QED) is 0.634. The molecule has 2 fully saturated rings. The molecule has 0 spiro atoms. The zero-order valence-corrected chi connectivity index (χ0v) is 20.2. The molecule has 0 aromatic heterocycles. The number of hydrogen-bond donors (Lipinski definition) is 1. The summed E-state index contributed by atoms with van der Waals surface area (Å²) in [5.41, 5.74) is 3.39. The largest absolute Gasteiger partial charge is 0.490 e. The zero-order valence-electron chi connectivity index (χ0n) is 20.2. The van der Waals surface area contributed by atoms with Gasteiger partial charge in [0.25, 0.3) is 5.91 Å². The first-order valence-corrected chi connectivity index (χ1v) is 13.0. The molecule has 1 saturated heterocycles. The lowest BCUT2D eigenvalue weighted by Gasteiger charge is -2.29. The van der Waals surface area contributed by atoms with Crippen molar-refractivity contribution in [3.05, 3.63) is 59.2 Å². The van der Waals surface area contributed by atoms with Crippen molar-refractivity contribution in [1.82, 2.24) is 4.90 Å². The highest BCUT2D eigenvalue weighted by Crippen LogP contribution is 2.45. The minimum atomic E-state index is -0.262. The van der Waals surface area contributed by atoms with Crippen LogP contribution in [0.1, 0.15) is 85.2 Å². The average Bonchev–Trinajstić information content (AvgIpc) is 3.19. The van der Waals surface area contributed by atoms with Crippen molar-refractivity contribution in [1.29, 1.82) is 0 Å². The van der Waals surface area contributed by atoms with Crippen LogP contribution in [0.25, 0.3) is 0 Å². The van der Waals surface area contributed by atoms with Crippen molar-refractivity contribution in [3.63, 3.8) is 0 Å². The van der Waals surface area contributed by atoms with Crippen LogP contribution in [0.15, 0.2) is 42.5 Å². The molecule has 2 heterocycles. The highest BCUT2D eigenvalue weighted by atomic mass is 16.5.